The number of aliphatic hydroxyl groups excluding tert-OH is 1. The van der Waals surface area contributed by atoms with Gasteiger partial charge in [0, 0.05) is 6.54 Å². The Morgan fingerprint density at radius 2 is 1.49 bits per heavy atom. The van der Waals surface area contributed by atoms with Crippen molar-refractivity contribution >= 4 is 0 Å². The summed E-state index contributed by atoms with van der Waals surface area (Å²) in [5, 5.41) is 10.1. The monoisotopic (exact) mass is 530 g/mol. The van der Waals surface area contributed by atoms with E-state index in [9.17, 15) is 5.11 Å². The summed E-state index contributed by atoms with van der Waals surface area (Å²) in [7, 11) is 2.24. The lowest BCUT2D eigenvalue weighted by atomic mass is 9.75. The van der Waals surface area contributed by atoms with E-state index in [0.717, 1.165) is 19.0 Å². The maximum Gasteiger partial charge on any atom is 0.102 e. The smallest absolute Gasteiger partial charge is 0.102 e. The van der Waals surface area contributed by atoms with Crippen LogP contribution in [0.15, 0.2) is 73.0 Å². The van der Waals surface area contributed by atoms with Crippen molar-refractivity contribution in [2.75, 3.05) is 33.2 Å². The van der Waals surface area contributed by atoms with Gasteiger partial charge in [-0.3, -0.25) is 4.90 Å². The Labute approximate surface area is 239 Å². The first-order valence-electron chi connectivity index (χ1n) is 15.7. The minimum atomic E-state index is 0.180. The number of aliphatic hydroxyl groups is 1. The lowest BCUT2D eigenvalue weighted by Crippen LogP contribution is -2.41. The van der Waals surface area contributed by atoms with Gasteiger partial charge in [-0.25, -0.2) is 0 Å². The average molecular weight is 531 g/mol. The van der Waals surface area contributed by atoms with Crippen LogP contribution in [0, 0.1) is 17.3 Å². The largest absolute Gasteiger partial charge is 0.511 e. The van der Waals surface area contributed by atoms with Crippen molar-refractivity contribution < 1.29 is 5.11 Å². The van der Waals surface area contributed by atoms with Crippen LogP contribution < -0.4 is 0 Å². The molecule has 1 saturated carbocycles. The van der Waals surface area contributed by atoms with Crippen molar-refractivity contribution in [2.24, 2.45) is 17.3 Å². The number of likely N-dealkylation sites (tertiary alicyclic amines) is 2. The van der Waals surface area contributed by atoms with Crippen molar-refractivity contribution in [2.45, 2.75) is 90.0 Å². The molecule has 3 nitrogen and oxygen atoms in total. The van der Waals surface area contributed by atoms with E-state index in [0.29, 0.717) is 23.0 Å². The summed E-state index contributed by atoms with van der Waals surface area (Å²) in [4.78, 5) is 4.94. The van der Waals surface area contributed by atoms with Gasteiger partial charge in [-0.15, -0.1) is 0 Å². The Hall–Kier alpha value is -2.10. The lowest BCUT2D eigenvalue weighted by Gasteiger charge is -2.36. The van der Waals surface area contributed by atoms with Gasteiger partial charge in [0.15, 0.2) is 0 Å². The summed E-state index contributed by atoms with van der Waals surface area (Å²) >= 11 is 0. The maximum absolute atomic E-state index is 10.1. The molecule has 2 aromatic carbocycles. The summed E-state index contributed by atoms with van der Waals surface area (Å²) in [6.45, 7) is 13.5. The van der Waals surface area contributed by atoms with E-state index < -0.39 is 0 Å². The Kier molecular flexibility index (Phi) is 11.1. The van der Waals surface area contributed by atoms with Crippen LogP contribution in [0.1, 0.15) is 88.7 Å². The molecule has 3 aliphatic rings. The van der Waals surface area contributed by atoms with Crippen LogP contribution in [0.3, 0.4) is 0 Å². The molecule has 5 rings (SSSR count). The molecule has 3 fully saturated rings. The molecule has 0 amide bonds. The molecule has 2 atom stereocenters. The molecule has 0 spiro atoms. The SMILES string of the molecule is C=C(O)C(C1CCCCC1)N1CCC(c2ccccc2)C1.CN1CCC(CC(C)(C)Cc2ccccc2)CC1. The Bertz CT molecular complexity index is 974. The molecule has 214 valence electrons. The predicted octanol–water partition coefficient (Wildman–Crippen LogP) is 8.48. The van der Waals surface area contributed by atoms with Gasteiger partial charge in [-0.2, -0.15) is 0 Å². The first-order chi connectivity index (χ1) is 18.8. The van der Waals surface area contributed by atoms with Gasteiger partial charge in [-0.05, 0) is 106 Å². The fourth-order valence-corrected chi connectivity index (χ4v) is 7.54. The van der Waals surface area contributed by atoms with Crippen LogP contribution >= 0.6 is 0 Å². The number of nitrogens with zero attached hydrogens (tertiary/aromatic N) is 2. The topological polar surface area (TPSA) is 26.7 Å². The minimum absolute atomic E-state index is 0.180. The third-order valence-corrected chi connectivity index (χ3v) is 9.53. The number of rotatable bonds is 8. The van der Waals surface area contributed by atoms with E-state index in [1.807, 2.05) is 0 Å². The standard InChI is InChI=1S/C19H27NO.C17H27N/c1-15(21)19(17-10-6-3-7-11-17)20-13-12-18(14-20)16-8-4-2-5-9-16;1-17(2,13-15-7-5-4-6-8-15)14-16-9-11-18(3)12-10-16/h2,4-5,8-9,17-19,21H,1,3,6-7,10-14H2;4-8,16H,9-14H2,1-3H3. The summed E-state index contributed by atoms with van der Waals surface area (Å²) in [5.41, 5.74) is 3.35. The highest BCUT2D eigenvalue weighted by molar-refractivity contribution is 5.22. The molecule has 2 aromatic rings. The highest BCUT2D eigenvalue weighted by atomic mass is 16.3. The molecule has 2 unspecified atom stereocenters. The molecular formula is C36H54N2O. The first-order valence-corrected chi connectivity index (χ1v) is 15.7. The second-order valence-corrected chi connectivity index (χ2v) is 13.5. The molecular weight excluding hydrogens is 476 g/mol. The fraction of sp³-hybridized carbons (Fsp3) is 0.611. The Morgan fingerprint density at radius 1 is 0.872 bits per heavy atom. The van der Waals surface area contributed by atoms with Crippen LogP contribution in [0.4, 0.5) is 0 Å². The number of hydrogen-bond acceptors (Lipinski definition) is 3. The average Bonchev–Trinajstić information content (AvgIpc) is 3.41. The summed E-state index contributed by atoms with van der Waals surface area (Å²) in [6.07, 6.45) is 13.0. The normalized spacial score (nSPS) is 22.7. The van der Waals surface area contributed by atoms with Gasteiger partial charge in [0.05, 0.1) is 6.04 Å². The highest BCUT2D eigenvalue weighted by Gasteiger charge is 2.35. The second-order valence-electron chi connectivity index (χ2n) is 13.5. The van der Waals surface area contributed by atoms with E-state index in [4.69, 9.17) is 0 Å². The van der Waals surface area contributed by atoms with Crippen molar-refractivity contribution in [3.8, 4) is 0 Å². The third-order valence-electron chi connectivity index (χ3n) is 9.53. The number of benzene rings is 2. The second kappa shape index (κ2) is 14.5. The van der Waals surface area contributed by atoms with Crippen LogP contribution in [-0.4, -0.2) is 54.2 Å². The van der Waals surface area contributed by atoms with Crippen LogP contribution in [-0.2, 0) is 6.42 Å². The summed E-state index contributed by atoms with van der Waals surface area (Å²) in [6, 6.07) is 21.9. The zero-order valence-electron chi connectivity index (χ0n) is 25.0. The minimum Gasteiger partial charge on any atom is -0.511 e. The van der Waals surface area contributed by atoms with Crippen molar-refractivity contribution in [3.05, 3.63) is 84.1 Å². The maximum atomic E-state index is 10.1. The van der Waals surface area contributed by atoms with Gasteiger partial charge in [-0.1, -0.05) is 100 Å². The molecule has 0 bridgehead atoms. The molecule has 1 aliphatic carbocycles. The predicted molar refractivity (Wildman–Crippen MR) is 166 cm³/mol. The van der Waals surface area contributed by atoms with E-state index in [2.05, 4.69) is 97.9 Å². The zero-order chi connectivity index (χ0) is 27.7. The Morgan fingerprint density at radius 3 is 2.10 bits per heavy atom. The third kappa shape index (κ3) is 9.22. The molecule has 1 N–H and O–H groups in total. The Balaban J connectivity index is 0.000000183. The van der Waals surface area contributed by atoms with Crippen LogP contribution in [0.5, 0.6) is 0 Å². The first kappa shape index (κ1) is 29.9. The van der Waals surface area contributed by atoms with E-state index >= 15 is 0 Å². The molecule has 39 heavy (non-hydrogen) atoms. The van der Waals surface area contributed by atoms with Gasteiger partial charge in [0.1, 0.15) is 5.76 Å². The fourth-order valence-electron chi connectivity index (χ4n) is 7.54. The van der Waals surface area contributed by atoms with E-state index in [1.54, 1.807) is 0 Å². The summed E-state index contributed by atoms with van der Waals surface area (Å²) < 4.78 is 0. The number of piperidine rings is 1. The molecule has 2 heterocycles. The highest BCUT2D eigenvalue weighted by Crippen LogP contribution is 2.37. The quantitative estimate of drug-likeness (QED) is 0.347. The zero-order valence-corrected chi connectivity index (χ0v) is 25.0. The molecule has 0 aromatic heterocycles. The lowest BCUT2D eigenvalue weighted by molar-refractivity contribution is 0.128. The summed E-state index contributed by atoms with van der Waals surface area (Å²) in [5.74, 6) is 2.53. The van der Waals surface area contributed by atoms with Gasteiger partial charge < -0.3 is 10.0 Å². The number of hydrogen-bond donors (Lipinski definition) is 1. The van der Waals surface area contributed by atoms with Crippen LogP contribution in [0.2, 0.25) is 0 Å². The van der Waals surface area contributed by atoms with Crippen molar-refractivity contribution in [1.82, 2.24) is 9.80 Å². The van der Waals surface area contributed by atoms with Gasteiger partial charge >= 0.3 is 0 Å². The van der Waals surface area contributed by atoms with Crippen molar-refractivity contribution in [3.63, 3.8) is 0 Å². The molecule has 2 saturated heterocycles. The van der Waals surface area contributed by atoms with Gasteiger partial charge in [0.25, 0.3) is 0 Å². The van der Waals surface area contributed by atoms with Crippen LogP contribution in [0.25, 0.3) is 0 Å². The molecule has 3 heteroatoms. The van der Waals surface area contributed by atoms with E-state index in [1.165, 1.54) is 88.4 Å². The van der Waals surface area contributed by atoms with Crippen molar-refractivity contribution in [1.29, 1.82) is 0 Å². The molecule has 2 aliphatic heterocycles. The van der Waals surface area contributed by atoms with Gasteiger partial charge in [0.2, 0.25) is 0 Å². The van der Waals surface area contributed by atoms with E-state index in [-0.39, 0.29) is 6.04 Å². The molecule has 0 radical (unpaired) electrons.